The van der Waals surface area contributed by atoms with E-state index < -0.39 is 5.60 Å². The smallest absolute Gasteiger partial charge is 0.410 e. The number of ether oxygens (including phenoxy) is 1. The summed E-state index contributed by atoms with van der Waals surface area (Å²) in [4.78, 5) is 14.2. The van der Waals surface area contributed by atoms with Gasteiger partial charge in [-0.2, -0.15) is 0 Å². The van der Waals surface area contributed by atoms with Gasteiger partial charge in [0.1, 0.15) is 5.60 Å². The first-order chi connectivity index (χ1) is 10.3. The van der Waals surface area contributed by atoms with Gasteiger partial charge in [0.15, 0.2) is 0 Å². The summed E-state index contributed by atoms with van der Waals surface area (Å²) in [7, 11) is 0. The number of hydrogen-bond acceptors (Lipinski definition) is 4. The number of rotatable bonds is 2. The van der Waals surface area contributed by atoms with Gasteiger partial charge in [0.2, 0.25) is 0 Å². The topological polar surface area (TPSA) is 67.6 Å². The number of nitrogen functional groups attached to an aromatic ring is 1. The van der Waals surface area contributed by atoms with Crippen molar-refractivity contribution in [3.05, 3.63) is 29.3 Å². The summed E-state index contributed by atoms with van der Waals surface area (Å²) in [5.74, 6) is 0. The Morgan fingerprint density at radius 1 is 1.45 bits per heavy atom. The van der Waals surface area contributed by atoms with E-state index in [2.05, 4.69) is 11.4 Å². The number of benzene rings is 1. The van der Waals surface area contributed by atoms with Crippen LogP contribution in [0.15, 0.2) is 18.2 Å². The number of hydrogen-bond donors (Lipinski definition) is 2. The van der Waals surface area contributed by atoms with Gasteiger partial charge in [0.25, 0.3) is 0 Å². The van der Waals surface area contributed by atoms with E-state index in [1.807, 2.05) is 44.7 Å². The third-order valence-corrected chi connectivity index (χ3v) is 3.79. The fourth-order valence-corrected chi connectivity index (χ4v) is 2.59. The predicted molar refractivity (Wildman–Crippen MR) is 88.9 cm³/mol. The van der Waals surface area contributed by atoms with Crippen LogP contribution in [0.1, 0.15) is 31.9 Å². The summed E-state index contributed by atoms with van der Waals surface area (Å²) in [6, 6.07) is 6.19. The fraction of sp³-hybridized carbons (Fsp3) is 0.588. The summed E-state index contributed by atoms with van der Waals surface area (Å²) in [6.45, 7) is 9.91. The number of piperazine rings is 1. The van der Waals surface area contributed by atoms with Crippen molar-refractivity contribution in [2.75, 3.05) is 25.4 Å². The predicted octanol–water partition coefficient (Wildman–Crippen LogP) is 2.33. The Balaban J connectivity index is 2.09. The fourth-order valence-electron chi connectivity index (χ4n) is 2.59. The molecular formula is C17H27N3O2. The molecule has 5 heteroatoms. The average Bonchev–Trinajstić information content (AvgIpc) is 2.41. The first-order valence-electron chi connectivity index (χ1n) is 7.81. The molecule has 1 aliphatic rings. The molecule has 122 valence electrons. The van der Waals surface area contributed by atoms with Gasteiger partial charge in [-0.3, -0.25) is 0 Å². The van der Waals surface area contributed by atoms with E-state index in [1.165, 1.54) is 0 Å². The summed E-state index contributed by atoms with van der Waals surface area (Å²) < 4.78 is 5.52. The van der Waals surface area contributed by atoms with Crippen molar-refractivity contribution >= 4 is 11.8 Å². The number of anilines is 1. The first-order valence-corrected chi connectivity index (χ1v) is 7.81. The Hall–Kier alpha value is -1.75. The highest BCUT2D eigenvalue weighted by molar-refractivity contribution is 5.69. The maximum Gasteiger partial charge on any atom is 0.410 e. The molecule has 1 aromatic rings. The zero-order chi connectivity index (χ0) is 16.3. The maximum absolute atomic E-state index is 12.4. The van der Waals surface area contributed by atoms with Crippen molar-refractivity contribution in [1.82, 2.24) is 10.2 Å². The van der Waals surface area contributed by atoms with Crippen LogP contribution in [0, 0.1) is 6.92 Å². The Morgan fingerprint density at radius 2 is 2.18 bits per heavy atom. The van der Waals surface area contributed by atoms with Gasteiger partial charge in [-0.25, -0.2) is 4.79 Å². The van der Waals surface area contributed by atoms with E-state index in [1.54, 1.807) is 0 Å². The van der Waals surface area contributed by atoms with Crippen molar-refractivity contribution in [3.63, 3.8) is 0 Å². The molecule has 1 atom stereocenters. The van der Waals surface area contributed by atoms with Crippen molar-refractivity contribution < 1.29 is 9.53 Å². The van der Waals surface area contributed by atoms with E-state index in [0.717, 1.165) is 36.3 Å². The van der Waals surface area contributed by atoms with Gasteiger partial charge < -0.3 is 20.7 Å². The van der Waals surface area contributed by atoms with Crippen LogP contribution in [0.25, 0.3) is 0 Å². The third kappa shape index (κ3) is 4.37. The molecule has 3 N–H and O–H groups in total. The molecule has 2 rings (SSSR count). The molecule has 1 unspecified atom stereocenters. The highest BCUT2D eigenvalue weighted by Gasteiger charge is 2.30. The van der Waals surface area contributed by atoms with Crippen LogP contribution in [0.2, 0.25) is 0 Å². The number of nitrogens with two attached hydrogens (primary N) is 1. The van der Waals surface area contributed by atoms with E-state index in [9.17, 15) is 4.79 Å². The SMILES string of the molecule is Cc1ccc(CC2CNCCN2C(=O)OC(C)(C)C)cc1N. The molecule has 0 radical (unpaired) electrons. The normalized spacial score (nSPS) is 19.1. The van der Waals surface area contributed by atoms with E-state index in [-0.39, 0.29) is 12.1 Å². The van der Waals surface area contributed by atoms with Crippen molar-refractivity contribution in [2.45, 2.75) is 45.8 Å². The molecule has 0 saturated carbocycles. The van der Waals surface area contributed by atoms with E-state index in [4.69, 9.17) is 10.5 Å². The number of nitrogens with one attached hydrogen (secondary N) is 1. The Morgan fingerprint density at radius 3 is 2.82 bits per heavy atom. The minimum absolute atomic E-state index is 0.0886. The minimum atomic E-state index is -0.471. The van der Waals surface area contributed by atoms with E-state index >= 15 is 0 Å². The second-order valence-electron chi connectivity index (χ2n) is 6.93. The second kappa shape index (κ2) is 6.57. The number of nitrogens with zero attached hydrogens (tertiary/aromatic N) is 1. The van der Waals surface area contributed by atoms with Gasteiger partial charge in [-0.1, -0.05) is 12.1 Å². The Bertz CT molecular complexity index is 537. The summed E-state index contributed by atoms with van der Waals surface area (Å²) in [5.41, 5.74) is 8.53. The summed E-state index contributed by atoms with van der Waals surface area (Å²) >= 11 is 0. The number of amides is 1. The monoisotopic (exact) mass is 305 g/mol. The lowest BCUT2D eigenvalue weighted by atomic mass is 10.0. The van der Waals surface area contributed by atoms with Crippen LogP contribution < -0.4 is 11.1 Å². The van der Waals surface area contributed by atoms with Gasteiger partial charge in [0, 0.05) is 25.3 Å². The zero-order valence-electron chi connectivity index (χ0n) is 14.0. The number of carbonyl (C=O) groups excluding carboxylic acids is 1. The lowest BCUT2D eigenvalue weighted by Gasteiger charge is -2.37. The van der Waals surface area contributed by atoms with Crippen LogP contribution >= 0.6 is 0 Å². The molecule has 1 aromatic carbocycles. The summed E-state index contributed by atoms with van der Waals surface area (Å²) in [6.07, 6.45) is 0.538. The van der Waals surface area contributed by atoms with Gasteiger partial charge in [-0.05, 0) is 51.3 Å². The van der Waals surface area contributed by atoms with Crippen LogP contribution in [0.5, 0.6) is 0 Å². The van der Waals surface area contributed by atoms with Crippen molar-refractivity contribution in [2.24, 2.45) is 0 Å². The zero-order valence-corrected chi connectivity index (χ0v) is 14.0. The first kappa shape index (κ1) is 16.6. The second-order valence-corrected chi connectivity index (χ2v) is 6.93. The minimum Gasteiger partial charge on any atom is -0.444 e. The average molecular weight is 305 g/mol. The highest BCUT2D eigenvalue weighted by Crippen LogP contribution is 2.19. The maximum atomic E-state index is 12.4. The van der Waals surface area contributed by atoms with Crippen molar-refractivity contribution in [1.29, 1.82) is 0 Å². The van der Waals surface area contributed by atoms with Gasteiger partial charge >= 0.3 is 6.09 Å². The molecule has 0 aromatic heterocycles. The molecule has 1 heterocycles. The standard InChI is InChI=1S/C17H27N3O2/c1-12-5-6-13(10-15(12)18)9-14-11-19-7-8-20(14)16(21)22-17(2,3)4/h5-6,10,14,19H,7-9,11,18H2,1-4H3. The molecule has 1 fully saturated rings. The van der Waals surface area contributed by atoms with Crippen LogP contribution in [0.4, 0.5) is 10.5 Å². The Labute approximate surface area is 132 Å². The van der Waals surface area contributed by atoms with Crippen LogP contribution in [-0.4, -0.2) is 42.3 Å². The molecular weight excluding hydrogens is 278 g/mol. The van der Waals surface area contributed by atoms with Gasteiger partial charge in [-0.15, -0.1) is 0 Å². The molecule has 0 aliphatic carbocycles. The van der Waals surface area contributed by atoms with Crippen LogP contribution in [-0.2, 0) is 11.2 Å². The molecule has 0 bridgehead atoms. The van der Waals surface area contributed by atoms with Crippen molar-refractivity contribution in [3.8, 4) is 0 Å². The molecule has 1 amide bonds. The highest BCUT2D eigenvalue weighted by atomic mass is 16.6. The lowest BCUT2D eigenvalue weighted by Crippen LogP contribution is -2.55. The molecule has 0 spiro atoms. The third-order valence-electron chi connectivity index (χ3n) is 3.79. The lowest BCUT2D eigenvalue weighted by molar-refractivity contribution is 0.0122. The summed E-state index contributed by atoms with van der Waals surface area (Å²) in [5, 5.41) is 3.35. The molecule has 5 nitrogen and oxygen atoms in total. The number of carbonyl (C=O) groups is 1. The van der Waals surface area contributed by atoms with Crippen LogP contribution in [0.3, 0.4) is 0 Å². The quantitative estimate of drug-likeness (QED) is 0.823. The molecule has 22 heavy (non-hydrogen) atoms. The van der Waals surface area contributed by atoms with E-state index in [0.29, 0.717) is 6.54 Å². The van der Waals surface area contributed by atoms with Gasteiger partial charge in [0.05, 0.1) is 6.04 Å². The molecule has 1 saturated heterocycles. The Kier molecular flexibility index (Phi) is 4.96. The largest absolute Gasteiger partial charge is 0.444 e. The molecule has 1 aliphatic heterocycles. The number of aryl methyl sites for hydroxylation is 1.